The quantitative estimate of drug-likeness (QED) is 0.592. The van der Waals surface area contributed by atoms with E-state index >= 15 is 0 Å². The van der Waals surface area contributed by atoms with Crippen LogP contribution in [0.2, 0.25) is 0 Å². The average Bonchev–Trinajstić information content (AvgIpc) is 2.99. The molecule has 3 rings (SSSR count). The lowest BCUT2D eigenvalue weighted by molar-refractivity contribution is -0.132. The Bertz CT molecular complexity index is 918. The van der Waals surface area contributed by atoms with Crippen molar-refractivity contribution in [1.29, 1.82) is 0 Å². The van der Waals surface area contributed by atoms with Gasteiger partial charge in [0.2, 0.25) is 5.91 Å². The van der Waals surface area contributed by atoms with E-state index in [0.29, 0.717) is 31.7 Å². The van der Waals surface area contributed by atoms with E-state index in [9.17, 15) is 9.59 Å². The first-order chi connectivity index (χ1) is 16.1. The van der Waals surface area contributed by atoms with Crippen LogP contribution in [0, 0.1) is 0 Å². The van der Waals surface area contributed by atoms with Gasteiger partial charge >= 0.3 is 13.2 Å². The van der Waals surface area contributed by atoms with Crippen LogP contribution in [0.5, 0.6) is 5.75 Å². The van der Waals surface area contributed by atoms with E-state index in [4.69, 9.17) is 18.8 Å². The number of carbonyl (C=O) groups excluding carboxylic acids is 2. The van der Waals surface area contributed by atoms with Crippen molar-refractivity contribution in [3.05, 3.63) is 23.8 Å². The van der Waals surface area contributed by atoms with Crippen molar-refractivity contribution in [3.8, 4) is 5.75 Å². The van der Waals surface area contributed by atoms with Crippen LogP contribution >= 0.6 is 0 Å². The predicted molar refractivity (Wildman–Crippen MR) is 136 cm³/mol. The summed E-state index contributed by atoms with van der Waals surface area (Å²) in [6.45, 7) is 14.8. The van der Waals surface area contributed by atoms with Crippen molar-refractivity contribution in [2.45, 2.75) is 90.6 Å². The second kappa shape index (κ2) is 10.0. The van der Waals surface area contributed by atoms with Crippen LogP contribution in [-0.4, -0.2) is 79.0 Å². The summed E-state index contributed by atoms with van der Waals surface area (Å²) in [7, 11) is 2.93. The van der Waals surface area contributed by atoms with Crippen molar-refractivity contribution in [1.82, 2.24) is 9.80 Å². The Morgan fingerprint density at radius 1 is 1.11 bits per heavy atom. The van der Waals surface area contributed by atoms with Gasteiger partial charge in [-0.25, -0.2) is 4.79 Å². The third-order valence-corrected chi connectivity index (χ3v) is 7.23. The van der Waals surface area contributed by atoms with E-state index < -0.39 is 23.9 Å². The van der Waals surface area contributed by atoms with E-state index in [1.807, 2.05) is 73.7 Å². The highest BCUT2D eigenvalue weighted by atomic mass is 16.7. The monoisotopic (exact) mass is 488 g/mol. The number of methoxy groups -OCH3 is 1. The van der Waals surface area contributed by atoms with Crippen molar-refractivity contribution < 1.29 is 28.4 Å². The molecule has 35 heavy (non-hydrogen) atoms. The van der Waals surface area contributed by atoms with Crippen LogP contribution in [0.3, 0.4) is 0 Å². The van der Waals surface area contributed by atoms with E-state index in [0.717, 1.165) is 11.0 Å². The summed E-state index contributed by atoms with van der Waals surface area (Å²) < 4.78 is 23.4. The van der Waals surface area contributed by atoms with Gasteiger partial charge in [0.15, 0.2) is 0 Å². The van der Waals surface area contributed by atoms with Crippen LogP contribution in [0.4, 0.5) is 4.79 Å². The van der Waals surface area contributed by atoms with E-state index in [2.05, 4.69) is 0 Å². The number of ether oxygens (including phenoxy) is 2. The molecule has 1 aromatic rings. The molecule has 9 heteroatoms. The van der Waals surface area contributed by atoms with Crippen LogP contribution in [0.1, 0.15) is 66.9 Å². The first-order valence-corrected chi connectivity index (χ1v) is 12.4. The van der Waals surface area contributed by atoms with E-state index in [-0.39, 0.29) is 24.5 Å². The van der Waals surface area contributed by atoms with Gasteiger partial charge in [-0.1, -0.05) is 12.1 Å². The minimum atomic E-state index is -0.519. The first-order valence-electron chi connectivity index (χ1n) is 12.4. The van der Waals surface area contributed by atoms with Gasteiger partial charge in [-0.3, -0.25) is 4.79 Å². The van der Waals surface area contributed by atoms with Crippen molar-refractivity contribution in [2.24, 2.45) is 0 Å². The number of piperidine rings is 1. The Morgan fingerprint density at radius 2 is 1.69 bits per heavy atom. The molecule has 2 heterocycles. The second-order valence-corrected chi connectivity index (χ2v) is 11.5. The normalized spacial score (nSPS) is 20.0. The molecule has 2 amide bonds. The summed E-state index contributed by atoms with van der Waals surface area (Å²) in [5, 5.41) is 0. The third kappa shape index (κ3) is 6.30. The molecule has 0 aromatic heterocycles. The number of benzene rings is 1. The molecule has 2 aliphatic rings. The molecule has 0 unspecified atom stereocenters. The summed E-state index contributed by atoms with van der Waals surface area (Å²) >= 11 is 0. The fourth-order valence-corrected chi connectivity index (χ4v) is 4.32. The number of hydrogen-bond acceptors (Lipinski definition) is 6. The SMILES string of the molecule is COc1ccc(B2OC(C)(C)C(C)(C)O2)cc1CC(=O)N(C)C1CCN(C(=O)OC(C)(C)C)CC1. The molecule has 1 aromatic carbocycles. The van der Waals surface area contributed by atoms with Crippen molar-refractivity contribution >= 4 is 24.6 Å². The Morgan fingerprint density at radius 3 is 2.20 bits per heavy atom. The van der Waals surface area contributed by atoms with Crippen LogP contribution in [0.25, 0.3) is 0 Å². The Labute approximate surface area is 210 Å². The molecule has 2 saturated heterocycles. The molecular formula is C26H41BN2O6. The number of likely N-dealkylation sites (tertiary alicyclic amines) is 1. The highest BCUT2D eigenvalue weighted by Gasteiger charge is 2.51. The number of nitrogens with zero attached hydrogens (tertiary/aromatic N) is 2. The highest BCUT2D eigenvalue weighted by molar-refractivity contribution is 6.62. The van der Waals surface area contributed by atoms with Crippen LogP contribution in [-0.2, 0) is 25.3 Å². The molecule has 0 spiro atoms. The highest BCUT2D eigenvalue weighted by Crippen LogP contribution is 2.36. The van der Waals surface area contributed by atoms with E-state index in [1.165, 1.54) is 0 Å². The zero-order valence-corrected chi connectivity index (χ0v) is 22.8. The van der Waals surface area contributed by atoms with E-state index in [1.54, 1.807) is 16.9 Å². The van der Waals surface area contributed by atoms with Gasteiger partial charge in [-0.05, 0) is 72.8 Å². The van der Waals surface area contributed by atoms with Gasteiger partial charge in [-0.15, -0.1) is 0 Å². The molecule has 0 atom stereocenters. The molecular weight excluding hydrogens is 447 g/mol. The van der Waals surface area contributed by atoms with Gasteiger partial charge in [0.05, 0.1) is 24.7 Å². The number of carbonyl (C=O) groups is 2. The molecule has 0 bridgehead atoms. The largest absolute Gasteiger partial charge is 0.496 e. The smallest absolute Gasteiger partial charge is 0.494 e. The minimum absolute atomic E-state index is 0.00471. The van der Waals surface area contributed by atoms with Gasteiger partial charge < -0.3 is 28.6 Å². The fraction of sp³-hybridized carbons (Fsp3) is 0.692. The Hall–Kier alpha value is -2.26. The maximum absolute atomic E-state index is 13.2. The van der Waals surface area contributed by atoms with Crippen LogP contribution in [0.15, 0.2) is 18.2 Å². The lowest BCUT2D eigenvalue weighted by Crippen LogP contribution is -2.48. The molecule has 2 aliphatic heterocycles. The molecule has 0 radical (unpaired) electrons. The number of hydrogen-bond donors (Lipinski definition) is 0. The Kier molecular flexibility index (Phi) is 7.82. The van der Waals surface area contributed by atoms with Crippen LogP contribution < -0.4 is 10.2 Å². The molecule has 0 aliphatic carbocycles. The maximum atomic E-state index is 13.2. The van der Waals surface area contributed by atoms with Crippen molar-refractivity contribution in [3.63, 3.8) is 0 Å². The van der Waals surface area contributed by atoms with Crippen molar-refractivity contribution in [2.75, 3.05) is 27.2 Å². The van der Waals surface area contributed by atoms with Gasteiger partial charge in [0.1, 0.15) is 11.4 Å². The predicted octanol–water partition coefficient (Wildman–Crippen LogP) is 3.39. The average molecular weight is 488 g/mol. The fourth-order valence-electron chi connectivity index (χ4n) is 4.32. The summed E-state index contributed by atoms with van der Waals surface area (Å²) in [5.74, 6) is 0.664. The topological polar surface area (TPSA) is 77.5 Å². The summed E-state index contributed by atoms with van der Waals surface area (Å²) in [6.07, 6.45) is 1.34. The lowest BCUT2D eigenvalue weighted by Gasteiger charge is -2.37. The second-order valence-electron chi connectivity index (χ2n) is 11.5. The molecule has 194 valence electrons. The number of likely N-dealkylation sites (N-methyl/N-ethyl adjacent to an activating group) is 1. The zero-order valence-electron chi connectivity index (χ0n) is 22.8. The van der Waals surface area contributed by atoms with Gasteiger partial charge in [0, 0.05) is 31.7 Å². The molecule has 0 N–H and O–H groups in total. The maximum Gasteiger partial charge on any atom is 0.494 e. The number of amides is 2. The Balaban J connectivity index is 1.64. The lowest BCUT2D eigenvalue weighted by atomic mass is 9.78. The standard InChI is InChI=1S/C26H41BN2O6/c1-24(2,3)33-23(31)29-14-12-20(13-15-29)28(8)22(30)17-18-16-19(10-11-21(18)32-9)27-34-25(4,5)26(6,7)35-27/h10-11,16,20H,12-15,17H2,1-9H3. The minimum Gasteiger partial charge on any atom is -0.496 e. The molecule has 0 saturated carbocycles. The molecule has 2 fully saturated rings. The summed E-state index contributed by atoms with van der Waals surface area (Å²) in [4.78, 5) is 29.1. The zero-order chi connectivity index (χ0) is 26.2. The summed E-state index contributed by atoms with van der Waals surface area (Å²) in [6, 6.07) is 5.80. The number of rotatable bonds is 5. The summed E-state index contributed by atoms with van der Waals surface area (Å²) in [5.41, 5.74) is 0.251. The van der Waals surface area contributed by atoms with Gasteiger partial charge in [0.25, 0.3) is 0 Å². The third-order valence-electron chi connectivity index (χ3n) is 7.23. The van der Waals surface area contributed by atoms with Gasteiger partial charge in [-0.2, -0.15) is 0 Å². The first kappa shape index (κ1) is 27.3. The molecule has 8 nitrogen and oxygen atoms in total.